The van der Waals surface area contributed by atoms with Crippen molar-refractivity contribution in [3.63, 3.8) is 0 Å². The molecule has 5 heteroatoms. The van der Waals surface area contributed by atoms with Crippen molar-refractivity contribution in [3.8, 4) is 0 Å². The van der Waals surface area contributed by atoms with Gasteiger partial charge in [-0.1, -0.05) is 0 Å². The third-order valence-electron chi connectivity index (χ3n) is 2.50. The summed E-state index contributed by atoms with van der Waals surface area (Å²) in [6.07, 6.45) is 0. The van der Waals surface area contributed by atoms with Gasteiger partial charge < -0.3 is 15.7 Å². The van der Waals surface area contributed by atoms with Gasteiger partial charge in [-0.15, -0.1) is 0 Å². The maximum Gasteiger partial charge on any atom is 0.320 e. The zero-order valence-corrected chi connectivity index (χ0v) is 12.6. The van der Waals surface area contributed by atoms with E-state index >= 15 is 0 Å². The molecule has 0 aromatic heterocycles. The molecule has 0 bridgehead atoms. The molecule has 0 saturated heterocycles. The van der Waals surface area contributed by atoms with Crippen molar-refractivity contribution in [2.75, 3.05) is 19.6 Å². The van der Waals surface area contributed by atoms with Crippen LogP contribution in [-0.4, -0.2) is 47.8 Å². The minimum atomic E-state index is -0.822. The summed E-state index contributed by atoms with van der Waals surface area (Å²) < 4.78 is 0. The number of hydrogen-bond acceptors (Lipinski definition) is 4. The van der Waals surface area contributed by atoms with E-state index in [2.05, 4.69) is 36.7 Å². The maximum atomic E-state index is 10.8. The van der Waals surface area contributed by atoms with Crippen LogP contribution >= 0.6 is 0 Å². The second-order valence-corrected chi connectivity index (χ2v) is 6.44. The van der Waals surface area contributed by atoms with Crippen LogP contribution in [0.2, 0.25) is 0 Å². The van der Waals surface area contributed by atoms with Gasteiger partial charge in [0.15, 0.2) is 0 Å². The van der Waals surface area contributed by atoms with Crippen LogP contribution in [0.25, 0.3) is 0 Å². The molecule has 18 heavy (non-hydrogen) atoms. The Morgan fingerprint density at radius 2 is 1.72 bits per heavy atom. The Morgan fingerprint density at radius 1 is 1.17 bits per heavy atom. The van der Waals surface area contributed by atoms with Crippen LogP contribution in [0.5, 0.6) is 0 Å². The highest BCUT2D eigenvalue weighted by Gasteiger charge is 2.22. The van der Waals surface area contributed by atoms with E-state index in [1.807, 2.05) is 13.8 Å². The first-order chi connectivity index (χ1) is 8.03. The minimum Gasteiger partial charge on any atom is -0.480 e. The van der Waals surface area contributed by atoms with E-state index < -0.39 is 12.0 Å². The highest BCUT2D eigenvalue weighted by atomic mass is 16.4. The molecule has 108 valence electrons. The van der Waals surface area contributed by atoms with Crippen molar-refractivity contribution in [2.24, 2.45) is 0 Å². The topological polar surface area (TPSA) is 73.4 Å². The van der Waals surface area contributed by atoms with Crippen molar-refractivity contribution in [3.05, 3.63) is 0 Å². The van der Waals surface area contributed by atoms with E-state index in [9.17, 15) is 4.79 Å². The number of hydrogen-bond donors (Lipinski definition) is 4. The Bertz CT molecular complexity index is 259. The summed E-state index contributed by atoms with van der Waals surface area (Å²) >= 11 is 0. The molecule has 1 unspecified atom stereocenters. The van der Waals surface area contributed by atoms with Gasteiger partial charge in [-0.25, -0.2) is 0 Å². The van der Waals surface area contributed by atoms with E-state index in [-0.39, 0.29) is 11.1 Å². The average molecular weight is 259 g/mol. The molecule has 0 heterocycles. The van der Waals surface area contributed by atoms with Crippen LogP contribution < -0.4 is 16.0 Å². The fourth-order valence-electron chi connectivity index (χ4n) is 1.63. The molecule has 0 aromatic carbocycles. The molecule has 4 N–H and O–H groups in total. The molecule has 0 radical (unpaired) electrons. The fraction of sp³-hybridized carbons (Fsp3) is 0.923. The number of rotatable bonds is 8. The number of aliphatic carboxylic acids is 1. The zero-order chi connectivity index (χ0) is 14.4. The summed E-state index contributed by atoms with van der Waals surface area (Å²) in [5, 5.41) is 18.6. The van der Waals surface area contributed by atoms with Crippen LogP contribution in [0.1, 0.15) is 41.5 Å². The number of carboxylic acids is 1. The van der Waals surface area contributed by atoms with Gasteiger partial charge in [0.05, 0.1) is 0 Å². The summed E-state index contributed by atoms with van der Waals surface area (Å²) in [6, 6.07) is -0.533. The normalized spacial score (nSPS) is 14.6. The number of carboxylic acid groups (broad SMARTS) is 1. The first kappa shape index (κ1) is 17.4. The quantitative estimate of drug-likeness (QED) is 0.485. The van der Waals surface area contributed by atoms with Crippen molar-refractivity contribution in [1.29, 1.82) is 0 Å². The van der Waals surface area contributed by atoms with Gasteiger partial charge in [0.25, 0.3) is 0 Å². The first-order valence-corrected chi connectivity index (χ1v) is 6.50. The SMILES string of the molecule is CC(NC(C)(C)CNCCNC(C)(C)C)C(=O)O. The Morgan fingerprint density at radius 3 is 2.17 bits per heavy atom. The highest BCUT2D eigenvalue weighted by Crippen LogP contribution is 2.02. The Kier molecular flexibility index (Phi) is 6.81. The molecule has 0 aromatic rings. The Labute approximate surface area is 111 Å². The van der Waals surface area contributed by atoms with Gasteiger partial charge in [-0.2, -0.15) is 0 Å². The van der Waals surface area contributed by atoms with Crippen LogP contribution in [0.15, 0.2) is 0 Å². The molecule has 0 spiro atoms. The smallest absolute Gasteiger partial charge is 0.320 e. The van der Waals surface area contributed by atoms with E-state index in [0.29, 0.717) is 0 Å². The molecule has 5 nitrogen and oxygen atoms in total. The predicted octanol–water partition coefficient (Wildman–Crippen LogP) is 0.805. The molecule has 0 aliphatic rings. The Hall–Kier alpha value is -0.650. The standard InChI is InChI=1S/C13H29N3O2/c1-10(11(17)18)16-13(5,6)9-14-7-8-15-12(2,3)4/h10,14-16H,7-9H2,1-6H3,(H,17,18). The minimum absolute atomic E-state index is 0.132. The molecule has 0 amide bonds. The van der Waals surface area contributed by atoms with Crippen LogP contribution in [-0.2, 0) is 4.79 Å². The summed E-state index contributed by atoms with van der Waals surface area (Å²) in [5.74, 6) is -0.822. The van der Waals surface area contributed by atoms with Crippen LogP contribution in [0.3, 0.4) is 0 Å². The maximum absolute atomic E-state index is 10.8. The van der Waals surface area contributed by atoms with Gasteiger partial charge >= 0.3 is 5.97 Å². The lowest BCUT2D eigenvalue weighted by atomic mass is 10.0. The molecule has 0 rings (SSSR count). The number of nitrogens with one attached hydrogen (secondary N) is 3. The summed E-state index contributed by atoms with van der Waals surface area (Å²) in [7, 11) is 0. The fourth-order valence-corrected chi connectivity index (χ4v) is 1.63. The molecular formula is C13H29N3O2. The predicted molar refractivity (Wildman–Crippen MR) is 74.9 cm³/mol. The third kappa shape index (κ3) is 9.39. The van der Waals surface area contributed by atoms with Crippen molar-refractivity contribution in [1.82, 2.24) is 16.0 Å². The zero-order valence-electron chi connectivity index (χ0n) is 12.6. The molecule has 0 saturated carbocycles. The largest absolute Gasteiger partial charge is 0.480 e. The van der Waals surface area contributed by atoms with Gasteiger partial charge in [0.2, 0.25) is 0 Å². The first-order valence-electron chi connectivity index (χ1n) is 6.50. The molecule has 0 aliphatic heterocycles. The van der Waals surface area contributed by atoms with E-state index in [1.165, 1.54) is 0 Å². The van der Waals surface area contributed by atoms with Gasteiger partial charge in [0.1, 0.15) is 6.04 Å². The van der Waals surface area contributed by atoms with Gasteiger partial charge in [0, 0.05) is 30.7 Å². The average Bonchev–Trinajstić information content (AvgIpc) is 2.14. The van der Waals surface area contributed by atoms with Crippen LogP contribution in [0.4, 0.5) is 0 Å². The van der Waals surface area contributed by atoms with Gasteiger partial charge in [-0.3, -0.25) is 10.1 Å². The van der Waals surface area contributed by atoms with Crippen molar-refractivity contribution < 1.29 is 9.90 Å². The molecule has 0 aliphatic carbocycles. The summed E-state index contributed by atoms with van der Waals surface area (Å²) in [4.78, 5) is 10.8. The monoisotopic (exact) mass is 259 g/mol. The number of carbonyl (C=O) groups is 1. The van der Waals surface area contributed by atoms with Crippen LogP contribution in [0, 0.1) is 0 Å². The van der Waals surface area contributed by atoms with Gasteiger partial charge in [-0.05, 0) is 41.5 Å². The lowest BCUT2D eigenvalue weighted by molar-refractivity contribution is -0.139. The van der Waals surface area contributed by atoms with E-state index in [0.717, 1.165) is 19.6 Å². The highest BCUT2D eigenvalue weighted by molar-refractivity contribution is 5.72. The van der Waals surface area contributed by atoms with E-state index in [4.69, 9.17) is 5.11 Å². The molecule has 1 atom stereocenters. The molecular weight excluding hydrogens is 230 g/mol. The second-order valence-electron chi connectivity index (χ2n) is 6.44. The third-order valence-corrected chi connectivity index (χ3v) is 2.50. The van der Waals surface area contributed by atoms with Crippen molar-refractivity contribution in [2.45, 2.75) is 58.7 Å². The summed E-state index contributed by atoms with van der Waals surface area (Å²) in [6.45, 7) is 14.5. The van der Waals surface area contributed by atoms with E-state index in [1.54, 1.807) is 6.92 Å². The summed E-state index contributed by atoms with van der Waals surface area (Å²) in [5.41, 5.74) is -0.104. The Balaban J connectivity index is 3.80. The second kappa shape index (κ2) is 7.07. The lowest BCUT2D eigenvalue weighted by Crippen LogP contribution is -2.54. The lowest BCUT2D eigenvalue weighted by Gasteiger charge is -2.29. The molecule has 0 fully saturated rings. The van der Waals surface area contributed by atoms with Crippen molar-refractivity contribution >= 4 is 5.97 Å².